The number of hydrogen-bond acceptors (Lipinski definition) is 3. The van der Waals surface area contributed by atoms with Crippen LogP contribution in [-0.2, 0) is 0 Å². The van der Waals surface area contributed by atoms with Crippen molar-refractivity contribution >= 4 is 23.1 Å². The first-order valence-corrected chi connectivity index (χ1v) is 6.69. The molecule has 1 rings (SSSR count). The number of nitrogens with two attached hydrogens (primary N) is 1. The molecule has 1 amide bonds. The average molecular weight is 280 g/mol. The van der Waals surface area contributed by atoms with E-state index in [0.29, 0.717) is 29.0 Å². The van der Waals surface area contributed by atoms with Crippen molar-refractivity contribution in [1.82, 2.24) is 5.32 Å². The summed E-state index contributed by atoms with van der Waals surface area (Å²) in [6, 6.07) is 4.63. The van der Waals surface area contributed by atoms with Crippen LogP contribution in [0.5, 0.6) is 5.75 Å². The summed E-state index contributed by atoms with van der Waals surface area (Å²) in [6.45, 7) is 5.65. The molecule has 0 radical (unpaired) electrons. The third-order valence-corrected chi connectivity index (χ3v) is 3.88. The van der Waals surface area contributed by atoms with Gasteiger partial charge in [0.2, 0.25) is 0 Å². The lowest BCUT2D eigenvalue weighted by Gasteiger charge is -2.32. The first-order chi connectivity index (χ1) is 8.86. The van der Waals surface area contributed by atoms with Crippen LogP contribution in [-0.4, -0.2) is 21.5 Å². The van der Waals surface area contributed by atoms with E-state index in [9.17, 15) is 9.90 Å². The summed E-state index contributed by atoms with van der Waals surface area (Å²) >= 11 is 5.07. The van der Waals surface area contributed by atoms with Gasteiger partial charge in [0.1, 0.15) is 5.75 Å². The van der Waals surface area contributed by atoms with E-state index in [4.69, 9.17) is 18.0 Å². The van der Waals surface area contributed by atoms with Crippen LogP contribution in [0.15, 0.2) is 18.2 Å². The van der Waals surface area contributed by atoms with Gasteiger partial charge in [-0.15, -0.1) is 0 Å². The Morgan fingerprint density at radius 1 is 1.42 bits per heavy atom. The molecule has 0 bridgehead atoms. The van der Waals surface area contributed by atoms with E-state index < -0.39 is 5.54 Å². The van der Waals surface area contributed by atoms with Crippen LogP contribution in [0.4, 0.5) is 0 Å². The van der Waals surface area contributed by atoms with E-state index in [1.807, 2.05) is 13.8 Å². The summed E-state index contributed by atoms with van der Waals surface area (Å²) in [6.07, 6.45) is 1.28. The molecule has 4 nitrogen and oxygen atoms in total. The zero-order valence-corrected chi connectivity index (χ0v) is 12.3. The second-order valence-electron chi connectivity index (χ2n) is 4.61. The van der Waals surface area contributed by atoms with Gasteiger partial charge in [-0.25, -0.2) is 0 Å². The number of carbonyl (C=O) groups excluding carboxylic acids is 1. The highest BCUT2D eigenvalue weighted by Gasteiger charge is 2.31. The van der Waals surface area contributed by atoms with Crippen LogP contribution < -0.4 is 11.1 Å². The zero-order chi connectivity index (χ0) is 14.6. The van der Waals surface area contributed by atoms with Crippen LogP contribution in [0.2, 0.25) is 0 Å². The van der Waals surface area contributed by atoms with E-state index >= 15 is 0 Å². The lowest BCUT2D eigenvalue weighted by molar-refractivity contribution is 0.0919. The Morgan fingerprint density at radius 3 is 2.42 bits per heavy atom. The van der Waals surface area contributed by atoms with Gasteiger partial charge in [0, 0.05) is 5.56 Å². The molecule has 0 saturated heterocycles. The van der Waals surface area contributed by atoms with E-state index in [-0.39, 0.29) is 11.7 Å². The van der Waals surface area contributed by atoms with Gasteiger partial charge in [-0.1, -0.05) is 26.1 Å². The first-order valence-electron chi connectivity index (χ1n) is 6.28. The molecule has 0 aliphatic rings. The number of phenols is 1. The van der Waals surface area contributed by atoms with Gasteiger partial charge < -0.3 is 16.2 Å². The summed E-state index contributed by atoms with van der Waals surface area (Å²) in [5, 5.41) is 12.3. The molecule has 19 heavy (non-hydrogen) atoms. The molecule has 0 aliphatic carbocycles. The minimum atomic E-state index is -0.656. The molecule has 0 aromatic heterocycles. The normalized spacial score (nSPS) is 11.1. The van der Waals surface area contributed by atoms with Crippen LogP contribution >= 0.6 is 12.2 Å². The molecule has 5 heteroatoms. The van der Waals surface area contributed by atoms with Crippen molar-refractivity contribution in [2.75, 3.05) is 0 Å². The Morgan fingerprint density at radius 2 is 2.00 bits per heavy atom. The number of rotatable bonds is 5. The summed E-state index contributed by atoms with van der Waals surface area (Å²) in [4.78, 5) is 12.6. The lowest BCUT2D eigenvalue weighted by Crippen LogP contribution is -2.56. The molecule has 1 aromatic carbocycles. The van der Waals surface area contributed by atoms with Crippen molar-refractivity contribution in [3.05, 3.63) is 29.3 Å². The van der Waals surface area contributed by atoms with Crippen molar-refractivity contribution in [3.8, 4) is 5.75 Å². The van der Waals surface area contributed by atoms with E-state index in [1.54, 1.807) is 19.1 Å². The highest BCUT2D eigenvalue weighted by atomic mass is 32.1. The highest BCUT2D eigenvalue weighted by Crippen LogP contribution is 2.20. The smallest absolute Gasteiger partial charge is 0.252 e. The van der Waals surface area contributed by atoms with Crippen LogP contribution in [0.1, 0.15) is 42.6 Å². The summed E-state index contributed by atoms with van der Waals surface area (Å²) < 4.78 is 0. The largest absolute Gasteiger partial charge is 0.508 e. The number of phenolic OH excluding ortho intramolecular Hbond substituents is 1. The van der Waals surface area contributed by atoms with Gasteiger partial charge in [-0.05, 0) is 43.5 Å². The summed E-state index contributed by atoms with van der Waals surface area (Å²) in [7, 11) is 0. The monoisotopic (exact) mass is 280 g/mol. The fraction of sp³-hybridized carbons (Fsp3) is 0.429. The van der Waals surface area contributed by atoms with E-state index in [0.717, 1.165) is 0 Å². The third kappa shape index (κ3) is 3.23. The number of aromatic hydroxyl groups is 1. The van der Waals surface area contributed by atoms with Gasteiger partial charge in [-0.3, -0.25) is 4.79 Å². The topological polar surface area (TPSA) is 75.3 Å². The van der Waals surface area contributed by atoms with Gasteiger partial charge in [0.25, 0.3) is 5.91 Å². The fourth-order valence-corrected chi connectivity index (χ4v) is 2.36. The molecule has 0 spiro atoms. The van der Waals surface area contributed by atoms with Crippen molar-refractivity contribution < 1.29 is 9.90 Å². The van der Waals surface area contributed by atoms with Crippen molar-refractivity contribution in [3.63, 3.8) is 0 Å². The molecule has 104 valence electrons. The van der Waals surface area contributed by atoms with Crippen molar-refractivity contribution in [1.29, 1.82) is 0 Å². The van der Waals surface area contributed by atoms with Crippen LogP contribution in [0.25, 0.3) is 0 Å². The molecule has 0 saturated carbocycles. The Hall–Kier alpha value is -1.62. The van der Waals surface area contributed by atoms with Gasteiger partial charge in [0.05, 0.1) is 10.5 Å². The molecule has 4 N–H and O–H groups in total. The van der Waals surface area contributed by atoms with Crippen molar-refractivity contribution in [2.45, 2.75) is 39.2 Å². The maximum absolute atomic E-state index is 12.3. The number of amides is 1. The zero-order valence-electron chi connectivity index (χ0n) is 11.5. The third-order valence-electron chi connectivity index (χ3n) is 3.49. The highest BCUT2D eigenvalue weighted by molar-refractivity contribution is 7.80. The molecule has 0 fully saturated rings. The molecule has 1 aromatic rings. The number of carbonyl (C=O) groups is 1. The number of nitrogens with one attached hydrogen (secondary N) is 1. The quantitative estimate of drug-likeness (QED) is 0.723. The maximum Gasteiger partial charge on any atom is 0.252 e. The second kappa shape index (κ2) is 6.02. The fourth-order valence-electron chi connectivity index (χ4n) is 2.02. The Labute approximate surface area is 119 Å². The Kier molecular flexibility index (Phi) is 4.89. The SMILES string of the molecule is CCC(CC)(NC(=O)c1ccc(O)cc1C)C(N)=S. The summed E-state index contributed by atoms with van der Waals surface area (Å²) in [5.74, 6) is -0.0883. The number of aryl methyl sites for hydroxylation is 1. The maximum atomic E-state index is 12.3. The second-order valence-corrected chi connectivity index (χ2v) is 5.05. The Balaban J connectivity index is 3.04. The van der Waals surface area contributed by atoms with Gasteiger partial charge in [-0.2, -0.15) is 0 Å². The standard InChI is InChI=1S/C14H20N2O2S/c1-4-14(5-2,13(15)19)16-12(18)11-7-6-10(17)8-9(11)3/h6-8,17H,4-5H2,1-3H3,(H2,15,19)(H,16,18). The predicted molar refractivity (Wildman–Crippen MR) is 80.4 cm³/mol. The Bertz CT molecular complexity index is 496. The summed E-state index contributed by atoms with van der Waals surface area (Å²) in [5.41, 5.74) is 6.33. The number of benzene rings is 1. The van der Waals surface area contributed by atoms with E-state index in [2.05, 4.69) is 5.32 Å². The van der Waals surface area contributed by atoms with Gasteiger partial charge in [0.15, 0.2) is 0 Å². The molecule has 0 heterocycles. The number of hydrogen-bond donors (Lipinski definition) is 3. The molecular formula is C14H20N2O2S. The van der Waals surface area contributed by atoms with Crippen molar-refractivity contribution in [2.24, 2.45) is 5.73 Å². The van der Waals surface area contributed by atoms with Gasteiger partial charge >= 0.3 is 0 Å². The molecule has 0 atom stereocenters. The average Bonchev–Trinajstić information content (AvgIpc) is 2.35. The predicted octanol–water partition coefficient (Wildman–Crippen LogP) is 2.28. The minimum Gasteiger partial charge on any atom is -0.508 e. The molecule has 0 aliphatic heterocycles. The first kappa shape index (κ1) is 15.4. The van der Waals surface area contributed by atoms with Crippen LogP contribution in [0.3, 0.4) is 0 Å². The van der Waals surface area contributed by atoms with Crippen LogP contribution in [0, 0.1) is 6.92 Å². The number of thiocarbonyl (C=S) groups is 1. The lowest BCUT2D eigenvalue weighted by atomic mass is 9.92. The molecule has 0 unspecified atom stereocenters. The van der Waals surface area contributed by atoms with E-state index in [1.165, 1.54) is 6.07 Å². The molecular weight excluding hydrogens is 260 g/mol. The minimum absolute atomic E-state index is 0.139.